The molecule has 1 aromatic rings. The summed E-state index contributed by atoms with van der Waals surface area (Å²) in [6.07, 6.45) is 1.27. The third kappa shape index (κ3) is 4.90. The first-order valence-corrected chi connectivity index (χ1v) is 8.72. The second-order valence-electron chi connectivity index (χ2n) is 6.84. The monoisotopic (exact) mass is 373 g/mol. The van der Waals surface area contributed by atoms with Crippen LogP contribution in [0.15, 0.2) is 18.2 Å². The van der Waals surface area contributed by atoms with Gasteiger partial charge in [-0.1, -0.05) is 13.0 Å². The van der Waals surface area contributed by atoms with Gasteiger partial charge in [-0.3, -0.25) is 9.69 Å². The van der Waals surface area contributed by atoms with Gasteiger partial charge >= 0.3 is 0 Å². The van der Waals surface area contributed by atoms with E-state index in [0.717, 1.165) is 51.8 Å². The average molecular weight is 374 g/mol. The van der Waals surface area contributed by atoms with Crippen molar-refractivity contribution in [2.75, 3.05) is 39.3 Å². The van der Waals surface area contributed by atoms with E-state index >= 15 is 0 Å². The molecule has 0 aliphatic carbocycles. The second kappa shape index (κ2) is 8.92. The molecule has 7 heteroatoms. The van der Waals surface area contributed by atoms with Crippen molar-refractivity contribution >= 4 is 18.3 Å². The highest BCUT2D eigenvalue weighted by Crippen LogP contribution is 2.25. The number of rotatable bonds is 4. The molecule has 140 valence electrons. The van der Waals surface area contributed by atoms with Gasteiger partial charge in [0.2, 0.25) is 5.91 Å². The highest BCUT2D eigenvalue weighted by Gasteiger charge is 2.31. The molecule has 0 aromatic heterocycles. The zero-order valence-corrected chi connectivity index (χ0v) is 15.3. The summed E-state index contributed by atoms with van der Waals surface area (Å²) in [7, 11) is 0. The summed E-state index contributed by atoms with van der Waals surface area (Å²) in [5.74, 6) is -1.36. The second-order valence-corrected chi connectivity index (χ2v) is 6.84. The number of hydrogen-bond donors (Lipinski definition) is 1. The van der Waals surface area contributed by atoms with Crippen LogP contribution in [0.1, 0.15) is 31.2 Å². The van der Waals surface area contributed by atoms with Crippen LogP contribution in [-0.4, -0.2) is 61.0 Å². The van der Waals surface area contributed by atoms with Crippen molar-refractivity contribution in [3.8, 4) is 0 Å². The third-order valence-corrected chi connectivity index (χ3v) is 5.16. The molecule has 2 unspecified atom stereocenters. The fourth-order valence-electron chi connectivity index (χ4n) is 3.72. The van der Waals surface area contributed by atoms with Gasteiger partial charge < -0.3 is 10.2 Å². The van der Waals surface area contributed by atoms with E-state index in [1.807, 2.05) is 11.8 Å². The first kappa shape index (κ1) is 20.1. The minimum Gasteiger partial charge on any atom is -0.341 e. The standard InChI is InChI=1S/C18H25F2N3O.ClH/c1-13(16-3-2-14(19)11-17(16)20)10-18(24)23-7-4-15(12-23)22-8-5-21-6-9-22;/h2-3,11,13,15,21H,4-10,12H2,1H3;1H. The Kier molecular flexibility index (Phi) is 7.16. The van der Waals surface area contributed by atoms with Gasteiger partial charge in [-0.15, -0.1) is 12.4 Å². The molecule has 2 fully saturated rings. The Hall–Kier alpha value is -1.24. The molecule has 25 heavy (non-hydrogen) atoms. The molecular weight excluding hydrogens is 348 g/mol. The van der Waals surface area contributed by atoms with Crippen LogP contribution in [0.2, 0.25) is 0 Å². The lowest BCUT2D eigenvalue weighted by molar-refractivity contribution is -0.130. The molecule has 2 atom stereocenters. The number of benzene rings is 1. The van der Waals surface area contributed by atoms with E-state index in [-0.39, 0.29) is 30.7 Å². The maximum Gasteiger partial charge on any atom is 0.223 e. The minimum absolute atomic E-state index is 0. The molecule has 2 saturated heterocycles. The lowest BCUT2D eigenvalue weighted by Gasteiger charge is -2.32. The zero-order valence-electron chi connectivity index (χ0n) is 14.5. The Labute approximate surface area is 154 Å². The molecule has 2 aliphatic rings. The molecule has 1 aromatic carbocycles. The third-order valence-electron chi connectivity index (χ3n) is 5.16. The number of carbonyl (C=O) groups excluding carboxylic acids is 1. The molecule has 0 bridgehead atoms. The van der Waals surface area contributed by atoms with Crippen LogP contribution >= 0.6 is 12.4 Å². The summed E-state index contributed by atoms with van der Waals surface area (Å²) >= 11 is 0. The van der Waals surface area contributed by atoms with E-state index in [9.17, 15) is 13.6 Å². The summed E-state index contributed by atoms with van der Waals surface area (Å²) < 4.78 is 26.9. The molecule has 0 saturated carbocycles. The topological polar surface area (TPSA) is 35.6 Å². The predicted octanol–water partition coefficient (Wildman–Crippen LogP) is 2.39. The SMILES string of the molecule is CC(CC(=O)N1CCC(N2CCNCC2)C1)c1ccc(F)cc1F.Cl. The quantitative estimate of drug-likeness (QED) is 0.880. The number of piperazine rings is 1. The smallest absolute Gasteiger partial charge is 0.223 e. The highest BCUT2D eigenvalue weighted by molar-refractivity contribution is 5.85. The maximum atomic E-state index is 13.9. The number of carbonyl (C=O) groups is 1. The number of hydrogen-bond acceptors (Lipinski definition) is 3. The Morgan fingerprint density at radius 2 is 2.00 bits per heavy atom. The predicted molar refractivity (Wildman–Crippen MR) is 96.1 cm³/mol. The molecule has 1 N–H and O–H groups in total. The van der Waals surface area contributed by atoms with E-state index in [4.69, 9.17) is 0 Å². The Morgan fingerprint density at radius 3 is 2.68 bits per heavy atom. The van der Waals surface area contributed by atoms with Gasteiger partial charge in [0.25, 0.3) is 0 Å². The van der Waals surface area contributed by atoms with Crippen LogP contribution in [0, 0.1) is 11.6 Å². The molecular formula is C18H26ClF2N3O. The first-order chi connectivity index (χ1) is 11.5. The number of nitrogens with one attached hydrogen (secondary N) is 1. The maximum absolute atomic E-state index is 13.9. The van der Waals surface area contributed by atoms with E-state index < -0.39 is 11.6 Å². The highest BCUT2D eigenvalue weighted by atomic mass is 35.5. The van der Waals surface area contributed by atoms with Crippen LogP contribution in [0.4, 0.5) is 8.78 Å². The van der Waals surface area contributed by atoms with Crippen LogP contribution in [0.3, 0.4) is 0 Å². The Morgan fingerprint density at radius 1 is 1.28 bits per heavy atom. The van der Waals surface area contributed by atoms with Crippen molar-refractivity contribution in [1.82, 2.24) is 15.1 Å². The van der Waals surface area contributed by atoms with Crippen molar-refractivity contribution in [2.24, 2.45) is 0 Å². The van der Waals surface area contributed by atoms with Gasteiger partial charge in [-0.05, 0) is 24.0 Å². The average Bonchev–Trinajstić information content (AvgIpc) is 3.05. The number of halogens is 3. The van der Waals surface area contributed by atoms with E-state index in [1.165, 1.54) is 12.1 Å². The number of nitrogens with zero attached hydrogens (tertiary/aromatic N) is 2. The molecule has 1 amide bonds. The van der Waals surface area contributed by atoms with Gasteiger partial charge in [-0.25, -0.2) is 8.78 Å². The van der Waals surface area contributed by atoms with Crippen molar-refractivity contribution in [2.45, 2.75) is 31.7 Å². The van der Waals surface area contributed by atoms with Gasteiger partial charge in [0.05, 0.1) is 0 Å². The molecule has 0 spiro atoms. The number of likely N-dealkylation sites (tertiary alicyclic amines) is 1. The lowest BCUT2D eigenvalue weighted by Crippen LogP contribution is -2.49. The minimum atomic E-state index is -0.590. The van der Waals surface area contributed by atoms with Crippen LogP contribution in [0.25, 0.3) is 0 Å². The molecule has 4 nitrogen and oxygen atoms in total. The largest absolute Gasteiger partial charge is 0.341 e. The number of amides is 1. The first-order valence-electron chi connectivity index (χ1n) is 8.72. The van der Waals surface area contributed by atoms with Crippen molar-refractivity contribution in [3.05, 3.63) is 35.4 Å². The summed E-state index contributed by atoms with van der Waals surface area (Å²) in [5, 5.41) is 3.34. The van der Waals surface area contributed by atoms with Gasteiger partial charge in [0, 0.05) is 57.8 Å². The van der Waals surface area contributed by atoms with E-state index in [0.29, 0.717) is 11.6 Å². The van der Waals surface area contributed by atoms with Gasteiger partial charge in [0.15, 0.2) is 0 Å². The molecule has 0 radical (unpaired) electrons. The van der Waals surface area contributed by atoms with Crippen LogP contribution in [-0.2, 0) is 4.79 Å². The van der Waals surface area contributed by atoms with Gasteiger partial charge in [-0.2, -0.15) is 0 Å². The van der Waals surface area contributed by atoms with Crippen molar-refractivity contribution in [3.63, 3.8) is 0 Å². The van der Waals surface area contributed by atoms with Gasteiger partial charge in [0.1, 0.15) is 11.6 Å². The summed E-state index contributed by atoms with van der Waals surface area (Å²) in [5.41, 5.74) is 0.405. The molecule has 2 aliphatic heterocycles. The van der Waals surface area contributed by atoms with Crippen molar-refractivity contribution in [1.29, 1.82) is 0 Å². The fraction of sp³-hybridized carbons (Fsp3) is 0.611. The van der Waals surface area contributed by atoms with Crippen molar-refractivity contribution < 1.29 is 13.6 Å². The Bertz CT molecular complexity index is 596. The summed E-state index contributed by atoms with van der Waals surface area (Å²) in [4.78, 5) is 16.9. The van der Waals surface area contributed by atoms with E-state index in [2.05, 4.69) is 10.2 Å². The lowest BCUT2D eigenvalue weighted by atomic mass is 9.96. The van der Waals surface area contributed by atoms with E-state index in [1.54, 1.807) is 0 Å². The Balaban J connectivity index is 0.00000225. The van der Waals surface area contributed by atoms with Crippen LogP contribution in [0.5, 0.6) is 0 Å². The summed E-state index contributed by atoms with van der Waals surface area (Å²) in [6.45, 7) is 7.42. The summed E-state index contributed by atoms with van der Waals surface area (Å²) in [6, 6.07) is 4.01. The molecule has 2 heterocycles. The fourth-order valence-corrected chi connectivity index (χ4v) is 3.72. The van der Waals surface area contributed by atoms with Crippen LogP contribution < -0.4 is 5.32 Å². The molecule has 3 rings (SSSR count). The normalized spacial score (nSPS) is 22.5. The zero-order chi connectivity index (χ0) is 17.1.